The van der Waals surface area contributed by atoms with Gasteiger partial charge in [-0.25, -0.2) is 0 Å². The molecule has 0 saturated heterocycles. The van der Waals surface area contributed by atoms with E-state index in [-0.39, 0.29) is 0 Å². The third kappa shape index (κ3) is 5.19. The summed E-state index contributed by atoms with van der Waals surface area (Å²) in [6, 6.07) is 79.9. The van der Waals surface area contributed by atoms with Gasteiger partial charge in [0.25, 0.3) is 0 Å². The van der Waals surface area contributed by atoms with Crippen molar-refractivity contribution < 1.29 is 0 Å². The van der Waals surface area contributed by atoms with Crippen LogP contribution < -0.4 is 4.90 Å². The van der Waals surface area contributed by atoms with Gasteiger partial charge in [-0.15, -0.1) is 0 Å². The lowest BCUT2D eigenvalue weighted by atomic mass is 9.78. The van der Waals surface area contributed by atoms with Crippen LogP contribution in [0, 0.1) is 0 Å². The summed E-state index contributed by atoms with van der Waals surface area (Å²) < 4.78 is 2.37. The van der Waals surface area contributed by atoms with Crippen LogP contribution in [0.1, 0.15) is 0 Å². The molecule has 0 fully saturated rings. The molecular weight excluding hydrogens is 701 g/mol. The minimum atomic E-state index is 1.11. The van der Waals surface area contributed by atoms with Crippen molar-refractivity contribution in [3.8, 4) is 50.2 Å². The van der Waals surface area contributed by atoms with E-state index in [1.165, 1.54) is 93.5 Å². The summed E-state index contributed by atoms with van der Waals surface area (Å²) in [6.45, 7) is 0. The molecule has 0 bridgehead atoms. The molecule has 270 valence electrons. The number of nitrogens with zero attached hydrogens (tertiary/aromatic N) is 2. The average molecular weight is 737 g/mol. The zero-order valence-corrected chi connectivity index (χ0v) is 31.7. The lowest BCUT2D eigenvalue weighted by molar-refractivity contribution is 1.18. The molecule has 11 aromatic rings. The Hall–Kier alpha value is -7.68. The summed E-state index contributed by atoms with van der Waals surface area (Å²) in [7, 11) is 0. The Morgan fingerprint density at radius 1 is 0.276 bits per heavy atom. The van der Waals surface area contributed by atoms with Gasteiger partial charge in [-0.2, -0.15) is 0 Å². The van der Waals surface area contributed by atoms with Crippen LogP contribution in [0.4, 0.5) is 17.1 Å². The fraction of sp³-hybridized carbons (Fsp3) is 0. The van der Waals surface area contributed by atoms with Crippen molar-refractivity contribution in [3.63, 3.8) is 0 Å². The van der Waals surface area contributed by atoms with Gasteiger partial charge in [-0.3, -0.25) is 0 Å². The summed E-state index contributed by atoms with van der Waals surface area (Å²) in [6.07, 6.45) is 0. The van der Waals surface area contributed by atoms with Crippen LogP contribution in [0.5, 0.6) is 0 Å². The zero-order valence-electron chi connectivity index (χ0n) is 31.7. The Labute approximate surface area is 337 Å². The van der Waals surface area contributed by atoms with Crippen molar-refractivity contribution in [2.45, 2.75) is 0 Å². The van der Waals surface area contributed by atoms with Crippen LogP contribution in [0.15, 0.2) is 218 Å². The number of aromatic nitrogens is 1. The third-order valence-electron chi connectivity index (χ3n) is 12.1. The first-order valence-corrected chi connectivity index (χ1v) is 20.0. The average Bonchev–Trinajstić information content (AvgIpc) is 3.63. The summed E-state index contributed by atoms with van der Waals surface area (Å²) in [5, 5.41) is 7.57. The maximum Gasteiger partial charge on any atom is 0.0541 e. The smallest absolute Gasteiger partial charge is 0.0541 e. The number of anilines is 3. The SMILES string of the molecule is c1ccc(-c2ccc(N(c3ccc(-c4ccc5c(c4)c4ccccc4n5-c4ccccc4)cc3)c3ccc4cc5c(cc4c3)-c3cc4ccccc4cc3-5)cc2)cc1. The molecule has 0 amide bonds. The number of fused-ring (bicyclic) bond motifs is 9. The Morgan fingerprint density at radius 2 is 0.741 bits per heavy atom. The van der Waals surface area contributed by atoms with E-state index in [0.717, 1.165) is 17.1 Å². The normalized spacial score (nSPS) is 11.8. The molecule has 0 spiro atoms. The van der Waals surface area contributed by atoms with Gasteiger partial charge in [-0.1, -0.05) is 127 Å². The van der Waals surface area contributed by atoms with Crippen molar-refractivity contribution >= 4 is 60.4 Å². The Balaban J connectivity index is 0.949. The molecule has 0 aliphatic heterocycles. The fourth-order valence-corrected chi connectivity index (χ4v) is 9.18. The molecule has 2 heteroatoms. The number of benzene rings is 10. The van der Waals surface area contributed by atoms with E-state index in [4.69, 9.17) is 0 Å². The summed E-state index contributed by atoms with van der Waals surface area (Å²) in [4.78, 5) is 2.38. The summed E-state index contributed by atoms with van der Waals surface area (Å²) in [5.41, 5.74) is 17.1. The van der Waals surface area contributed by atoms with Crippen molar-refractivity contribution in [1.82, 2.24) is 4.57 Å². The standard InChI is InChI=1S/C56H36N2/c1-3-11-37(12-4-1)38-19-25-46(26-20-38)57(48-29-23-43-34-52-50-32-40-13-7-8-14-41(40)33-51(50)53(52)36-44(43)31-48)47-27-21-39(22-28-47)42-24-30-56-54(35-42)49-17-9-10-18-55(49)58(56)45-15-5-2-6-16-45/h1-36H. The van der Waals surface area contributed by atoms with Gasteiger partial charge in [0.15, 0.2) is 0 Å². The topological polar surface area (TPSA) is 8.17 Å². The monoisotopic (exact) mass is 736 g/mol. The molecule has 0 atom stereocenters. The van der Waals surface area contributed by atoms with Crippen molar-refractivity contribution in [2.75, 3.05) is 4.90 Å². The molecule has 12 rings (SSSR count). The number of para-hydroxylation sites is 2. The number of hydrogen-bond acceptors (Lipinski definition) is 1. The van der Waals surface area contributed by atoms with E-state index in [0.29, 0.717) is 0 Å². The highest BCUT2D eigenvalue weighted by atomic mass is 15.1. The lowest BCUT2D eigenvalue weighted by Crippen LogP contribution is -2.10. The second kappa shape index (κ2) is 12.9. The van der Waals surface area contributed by atoms with Crippen LogP contribution in [-0.2, 0) is 0 Å². The van der Waals surface area contributed by atoms with E-state index in [9.17, 15) is 0 Å². The molecule has 2 nitrogen and oxygen atoms in total. The number of hydrogen-bond donors (Lipinski definition) is 0. The molecule has 0 N–H and O–H groups in total. The Morgan fingerprint density at radius 3 is 1.40 bits per heavy atom. The van der Waals surface area contributed by atoms with E-state index >= 15 is 0 Å². The molecule has 1 aliphatic rings. The Bertz CT molecular complexity index is 3360. The van der Waals surface area contributed by atoms with Crippen molar-refractivity contribution in [1.29, 1.82) is 0 Å². The predicted octanol–water partition coefficient (Wildman–Crippen LogP) is 15.5. The molecule has 1 aliphatic carbocycles. The minimum absolute atomic E-state index is 1.11. The van der Waals surface area contributed by atoms with Gasteiger partial charge in [0.05, 0.1) is 11.0 Å². The molecule has 1 aromatic heterocycles. The van der Waals surface area contributed by atoms with E-state index in [1.54, 1.807) is 0 Å². The molecule has 0 saturated carbocycles. The van der Waals surface area contributed by atoms with Gasteiger partial charge in [0.2, 0.25) is 0 Å². The molecular formula is C56H36N2. The first-order chi connectivity index (χ1) is 28.7. The highest BCUT2D eigenvalue weighted by molar-refractivity contribution is 6.13. The molecule has 0 radical (unpaired) electrons. The summed E-state index contributed by atoms with van der Waals surface area (Å²) >= 11 is 0. The van der Waals surface area contributed by atoms with E-state index in [2.05, 4.69) is 228 Å². The predicted molar refractivity (Wildman–Crippen MR) is 246 cm³/mol. The van der Waals surface area contributed by atoms with Gasteiger partial charge in [-0.05, 0) is 157 Å². The Kier molecular flexibility index (Phi) is 7.26. The van der Waals surface area contributed by atoms with Crippen LogP contribution in [0.3, 0.4) is 0 Å². The highest BCUT2D eigenvalue weighted by Gasteiger charge is 2.24. The van der Waals surface area contributed by atoms with Gasteiger partial charge in [0.1, 0.15) is 0 Å². The van der Waals surface area contributed by atoms with Crippen molar-refractivity contribution in [3.05, 3.63) is 218 Å². The molecule has 10 aromatic carbocycles. The molecule has 0 unspecified atom stereocenters. The quantitative estimate of drug-likeness (QED) is 0.165. The van der Waals surface area contributed by atoms with Gasteiger partial charge < -0.3 is 9.47 Å². The maximum atomic E-state index is 2.38. The third-order valence-corrected chi connectivity index (χ3v) is 12.1. The lowest BCUT2D eigenvalue weighted by Gasteiger charge is -2.28. The van der Waals surface area contributed by atoms with Crippen molar-refractivity contribution in [2.24, 2.45) is 0 Å². The second-order valence-corrected chi connectivity index (χ2v) is 15.4. The largest absolute Gasteiger partial charge is 0.310 e. The summed E-state index contributed by atoms with van der Waals surface area (Å²) in [5.74, 6) is 0. The van der Waals surface area contributed by atoms with Gasteiger partial charge >= 0.3 is 0 Å². The highest BCUT2D eigenvalue weighted by Crippen LogP contribution is 2.51. The second-order valence-electron chi connectivity index (χ2n) is 15.4. The van der Waals surface area contributed by atoms with E-state index in [1.807, 2.05) is 0 Å². The molecule has 58 heavy (non-hydrogen) atoms. The first-order valence-electron chi connectivity index (χ1n) is 20.0. The van der Waals surface area contributed by atoms with E-state index < -0.39 is 0 Å². The number of rotatable bonds is 6. The first kappa shape index (κ1) is 32.6. The van der Waals surface area contributed by atoms with Crippen LogP contribution >= 0.6 is 0 Å². The molecule has 1 heterocycles. The minimum Gasteiger partial charge on any atom is -0.310 e. The zero-order chi connectivity index (χ0) is 38.2. The van der Waals surface area contributed by atoms with Crippen LogP contribution in [0.2, 0.25) is 0 Å². The van der Waals surface area contributed by atoms with Crippen LogP contribution in [0.25, 0.3) is 93.5 Å². The van der Waals surface area contributed by atoms with Gasteiger partial charge in [0, 0.05) is 33.5 Å². The van der Waals surface area contributed by atoms with Crippen LogP contribution in [-0.4, -0.2) is 4.57 Å². The maximum absolute atomic E-state index is 2.38. The fourth-order valence-electron chi connectivity index (χ4n) is 9.18.